The fourth-order valence-electron chi connectivity index (χ4n) is 1.07. The Hall–Kier alpha value is -1.31. The molecule has 0 atom stereocenters. The molecule has 0 saturated heterocycles. The predicted molar refractivity (Wildman–Crippen MR) is 52.9 cm³/mol. The highest BCUT2D eigenvalue weighted by atomic mass is 14.9. The third kappa shape index (κ3) is 2.09. The molecule has 2 nitrogen and oxygen atoms in total. The molecule has 1 N–H and O–H groups in total. The van der Waals surface area contributed by atoms with Crippen LogP contribution < -0.4 is 5.32 Å². The highest BCUT2D eigenvalue weighted by Gasteiger charge is 2.05. The second kappa shape index (κ2) is 3.90. The summed E-state index contributed by atoms with van der Waals surface area (Å²) in [6.45, 7) is 6.03. The highest BCUT2D eigenvalue weighted by molar-refractivity contribution is 5.97. The molecule has 1 heterocycles. The molecule has 0 saturated carbocycles. The third-order valence-corrected chi connectivity index (χ3v) is 1.61. The van der Waals surface area contributed by atoms with Gasteiger partial charge in [0.25, 0.3) is 0 Å². The summed E-state index contributed by atoms with van der Waals surface area (Å²) in [5, 5.41) is 3.04. The van der Waals surface area contributed by atoms with Crippen LogP contribution in [0.2, 0.25) is 0 Å². The zero-order chi connectivity index (χ0) is 8.97. The molecular formula is C10H14N2. The molecule has 1 aliphatic heterocycles. The van der Waals surface area contributed by atoms with E-state index in [1.807, 2.05) is 32.3 Å². The molecule has 0 amide bonds. The molecule has 0 aromatic heterocycles. The minimum absolute atomic E-state index is 1.02. The average Bonchev–Trinajstić information content (AvgIpc) is 2.31. The fraction of sp³-hybridized carbons (Fsp3) is 0.300. The number of rotatable bonds is 2. The maximum atomic E-state index is 4.33. The van der Waals surface area contributed by atoms with Crippen molar-refractivity contribution in [2.75, 3.05) is 0 Å². The lowest BCUT2D eigenvalue weighted by atomic mass is 10.2. The summed E-state index contributed by atoms with van der Waals surface area (Å²) >= 11 is 0. The quantitative estimate of drug-likeness (QED) is 0.662. The molecule has 0 unspecified atom stereocenters. The van der Waals surface area contributed by atoms with Gasteiger partial charge >= 0.3 is 0 Å². The van der Waals surface area contributed by atoms with E-state index in [1.54, 1.807) is 0 Å². The van der Waals surface area contributed by atoms with Crippen LogP contribution in [0.25, 0.3) is 0 Å². The van der Waals surface area contributed by atoms with E-state index in [9.17, 15) is 0 Å². The van der Waals surface area contributed by atoms with E-state index in [2.05, 4.69) is 23.3 Å². The van der Waals surface area contributed by atoms with Crippen LogP contribution >= 0.6 is 0 Å². The van der Waals surface area contributed by atoms with Crippen molar-refractivity contribution in [3.05, 3.63) is 35.8 Å². The Morgan fingerprint density at radius 2 is 2.17 bits per heavy atom. The number of hydrogen-bond acceptors (Lipinski definition) is 2. The minimum atomic E-state index is 1.02. The maximum absolute atomic E-state index is 4.33. The molecule has 64 valence electrons. The van der Waals surface area contributed by atoms with Gasteiger partial charge in [0.1, 0.15) is 0 Å². The van der Waals surface area contributed by atoms with Crippen molar-refractivity contribution >= 4 is 5.71 Å². The second-order valence-corrected chi connectivity index (χ2v) is 2.78. The Balaban J connectivity index is 2.65. The molecular weight excluding hydrogens is 148 g/mol. The van der Waals surface area contributed by atoms with Crippen molar-refractivity contribution in [3.63, 3.8) is 0 Å². The van der Waals surface area contributed by atoms with Gasteiger partial charge in [-0.25, -0.2) is 0 Å². The lowest BCUT2D eigenvalue weighted by Gasteiger charge is -1.95. The molecule has 2 heteroatoms. The smallest absolute Gasteiger partial charge is 0.0822 e. The van der Waals surface area contributed by atoms with Crippen LogP contribution in [0.4, 0.5) is 0 Å². The van der Waals surface area contributed by atoms with Crippen LogP contribution in [0.1, 0.15) is 20.8 Å². The van der Waals surface area contributed by atoms with Gasteiger partial charge < -0.3 is 5.32 Å². The minimum Gasteiger partial charge on any atom is -0.366 e. The van der Waals surface area contributed by atoms with E-state index in [-0.39, 0.29) is 0 Å². The van der Waals surface area contributed by atoms with Crippen molar-refractivity contribution in [1.29, 1.82) is 0 Å². The summed E-state index contributed by atoms with van der Waals surface area (Å²) in [5.74, 6) is 0. The summed E-state index contributed by atoms with van der Waals surface area (Å²) in [4.78, 5) is 4.33. The van der Waals surface area contributed by atoms with Crippen LogP contribution in [0.3, 0.4) is 0 Å². The average molecular weight is 162 g/mol. The summed E-state index contributed by atoms with van der Waals surface area (Å²) in [5.41, 5.74) is 3.30. The van der Waals surface area contributed by atoms with Gasteiger partial charge in [-0.3, -0.25) is 4.99 Å². The van der Waals surface area contributed by atoms with Gasteiger partial charge in [-0.2, -0.15) is 0 Å². The predicted octanol–water partition coefficient (Wildman–Crippen LogP) is 2.37. The van der Waals surface area contributed by atoms with E-state index < -0.39 is 0 Å². The Labute approximate surface area is 73.4 Å². The van der Waals surface area contributed by atoms with Crippen molar-refractivity contribution < 1.29 is 0 Å². The van der Waals surface area contributed by atoms with Gasteiger partial charge in [0, 0.05) is 11.9 Å². The topological polar surface area (TPSA) is 24.4 Å². The second-order valence-electron chi connectivity index (χ2n) is 2.78. The molecule has 12 heavy (non-hydrogen) atoms. The van der Waals surface area contributed by atoms with Crippen molar-refractivity contribution in [1.82, 2.24) is 5.32 Å². The fourth-order valence-corrected chi connectivity index (χ4v) is 1.07. The summed E-state index contributed by atoms with van der Waals surface area (Å²) in [6, 6.07) is 0. The van der Waals surface area contributed by atoms with Crippen molar-refractivity contribution in [2.45, 2.75) is 20.8 Å². The highest BCUT2D eigenvalue weighted by Crippen LogP contribution is 2.16. The molecule has 0 bridgehead atoms. The number of hydrogen-bond donors (Lipinski definition) is 1. The lowest BCUT2D eigenvalue weighted by Crippen LogP contribution is -1.93. The van der Waals surface area contributed by atoms with E-state index in [4.69, 9.17) is 0 Å². The van der Waals surface area contributed by atoms with Gasteiger partial charge in [0.2, 0.25) is 0 Å². The maximum Gasteiger partial charge on any atom is 0.0822 e. The number of nitrogens with one attached hydrogen (secondary N) is 1. The van der Waals surface area contributed by atoms with E-state index >= 15 is 0 Å². The SMILES string of the molecule is C/C=C\N/C=C1/N=C(C)C=C1C. The molecule has 0 spiro atoms. The molecule has 0 aromatic carbocycles. The van der Waals surface area contributed by atoms with Crippen LogP contribution in [0.5, 0.6) is 0 Å². The molecule has 1 rings (SSSR count). The van der Waals surface area contributed by atoms with Gasteiger partial charge in [-0.15, -0.1) is 0 Å². The van der Waals surface area contributed by atoms with E-state index in [1.165, 1.54) is 5.57 Å². The number of nitrogens with zero attached hydrogens (tertiary/aromatic N) is 1. The molecule has 0 radical (unpaired) electrons. The summed E-state index contributed by atoms with van der Waals surface area (Å²) < 4.78 is 0. The van der Waals surface area contributed by atoms with E-state index in [0.717, 1.165) is 11.4 Å². The van der Waals surface area contributed by atoms with Crippen LogP contribution in [0.15, 0.2) is 40.8 Å². The Morgan fingerprint density at radius 3 is 2.67 bits per heavy atom. The normalized spacial score (nSPS) is 20.1. The number of allylic oxidation sites excluding steroid dienone is 3. The first kappa shape index (κ1) is 8.78. The van der Waals surface area contributed by atoms with Crippen molar-refractivity contribution in [3.8, 4) is 0 Å². The monoisotopic (exact) mass is 162 g/mol. The third-order valence-electron chi connectivity index (χ3n) is 1.61. The standard InChI is InChI=1S/C10H14N2/c1-4-5-11-7-10-8(2)6-9(3)12-10/h4-7,11H,1-3H3/b5-4-,10-7+. The van der Waals surface area contributed by atoms with Crippen LogP contribution in [0, 0.1) is 0 Å². The van der Waals surface area contributed by atoms with Crippen LogP contribution in [-0.2, 0) is 0 Å². The van der Waals surface area contributed by atoms with Gasteiger partial charge in [-0.05, 0) is 38.6 Å². The van der Waals surface area contributed by atoms with Gasteiger partial charge in [0.15, 0.2) is 0 Å². The molecule has 0 fully saturated rings. The van der Waals surface area contributed by atoms with Gasteiger partial charge in [-0.1, -0.05) is 6.08 Å². The van der Waals surface area contributed by atoms with Crippen molar-refractivity contribution in [2.24, 2.45) is 4.99 Å². The first-order valence-electron chi connectivity index (χ1n) is 4.05. The first-order chi connectivity index (χ1) is 5.74. The Morgan fingerprint density at radius 1 is 1.42 bits per heavy atom. The summed E-state index contributed by atoms with van der Waals surface area (Å²) in [6.07, 6.45) is 7.80. The van der Waals surface area contributed by atoms with E-state index in [0.29, 0.717) is 0 Å². The van der Waals surface area contributed by atoms with Gasteiger partial charge in [0.05, 0.1) is 5.70 Å². The molecule has 0 aliphatic carbocycles. The first-order valence-corrected chi connectivity index (χ1v) is 4.05. The van der Waals surface area contributed by atoms with Crippen LogP contribution in [-0.4, -0.2) is 5.71 Å². The largest absolute Gasteiger partial charge is 0.366 e. The lowest BCUT2D eigenvalue weighted by molar-refractivity contribution is 1.14. The number of aliphatic imine (C=N–C) groups is 1. The zero-order valence-corrected chi connectivity index (χ0v) is 7.76. The Bertz CT molecular complexity index is 280. The summed E-state index contributed by atoms with van der Waals surface area (Å²) in [7, 11) is 0. The zero-order valence-electron chi connectivity index (χ0n) is 7.76. The molecule has 0 aromatic rings. The molecule has 1 aliphatic rings. The Kier molecular flexibility index (Phi) is 2.86.